The highest BCUT2D eigenvalue weighted by atomic mass is 32.2. The Bertz CT molecular complexity index is 275. The number of rotatable bonds is 2. The Morgan fingerprint density at radius 2 is 2.09 bits per heavy atom. The maximum absolute atomic E-state index is 10.6. The Morgan fingerprint density at radius 1 is 1.45 bits per heavy atom. The molecule has 0 bridgehead atoms. The monoisotopic (exact) mass is 171 g/mol. The van der Waals surface area contributed by atoms with E-state index in [1.54, 1.807) is 24.3 Å². The van der Waals surface area contributed by atoms with Crippen molar-refractivity contribution in [2.24, 2.45) is 5.73 Å². The molecule has 0 aliphatic carbocycles. The van der Waals surface area contributed by atoms with Gasteiger partial charge in [0.2, 0.25) is 0 Å². The van der Waals surface area contributed by atoms with E-state index < -0.39 is 11.1 Å². The Balaban J connectivity index is 3.12. The van der Waals surface area contributed by atoms with Gasteiger partial charge in [0.05, 0.1) is 4.90 Å². The van der Waals surface area contributed by atoms with E-state index in [9.17, 15) is 4.21 Å². The quantitative estimate of drug-likeness (QED) is 0.645. The molecule has 0 heterocycles. The molecule has 0 saturated heterocycles. The smallest absolute Gasteiger partial charge is 0.186 e. The van der Waals surface area contributed by atoms with Crippen molar-refractivity contribution < 1.29 is 8.76 Å². The van der Waals surface area contributed by atoms with Crippen molar-refractivity contribution in [1.29, 1.82) is 0 Å². The molecule has 0 radical (unpaired) electrons. The van der Waals surface area contributed by atoms with E-state index in [1.807, 2.05) is 0 Å². The van der Waals surface area contributed by atoms with Gasteiger partial charge >= 0.3 is 0 Å². The summed E-state index contributed by atoms with van der Waals surface area (Å²) in [5.74, 6) is 0. The number of benzene rings is 1. The molecule has 1 atom stereocenters. The van der Waals surface area contributed by atoms with Crippen molar-refractivity contribution >= 4 is 11.1 Å². The van der Waals surface area contributed by atoms with Gasteiger partial charge in [0.25, 0.3) is 0 Å². The van der Waals surface area contributed by atoms with E-state index in [1.165, 1.54) is 0 Å². The van der Waals surface area contributed by atoms with Crippen LogP contribution in [0.25, 0.3) is 0 Å². The molecule has 0 aliphatic heterocycles. The lowest BCUT2D eigenvalue weighted by Crippen LogP contribution is -2.02. The van der Waals surface area contributed by atoms with Crippen LogP contribution in [0.4, 0.5) is 0 Å². The van der Waals surface area contributed by atoms with Gasteiger partial charge in [0.1, 0.15) is 0 Å². The molecule has 0 spiro atoms. The maximum atomic E-state index is 10.6. The van der Waals surface area contributed by atoms with Crippen molar-refractivity contribution in [2.75, 3.05) is 0 Å². The van der Waals surface area contributed by atoms with E-state index in [2.05, 4.69) is 0 Å². The second-order valence-electron chi connectivity index (χ2n) is 2.06. The zero-order valence-electron chi connectivity index (χ0n) is 5.86. The van der Waals surface area contributed by atoms with Crippen LogP contribution in [0.5, 0.6) is 0 Å². The third kappa shape index (κ3) is 1.86. The molecule has 1 aromatic carbocycles. The van der Waals surface area contributed by atoms with Crippen LogP contribution in [-0.2, 0) is 17.6 Å². The van der Waals surface area contributed by atoms with E-state index in [4.69, 9.17) is 10.3 Å². The van der Waals surface area contributed by atoms with Gasteiger partial charge in [-0.3, -0.25) is 0 Å². The fraction of sp³-hybridized carbons (Fsp3) is 0.143. The molecule has 0 amide bonds. The van der Waals surface area contributed by atoms with Crippen LogP contribution in [0, 0.1) is 0 Å². The van der Waals surface area contributed by atoms with E-state index in [0.717, 1.165) is 0 Å². The van der Waals surface area contributed by atoms with Crippen molar-refractivity contribution in [2.45, 2.75) is 11.4 Å². The molecule has 3 N–H and O–H groups in total. The van der Waals surface area contributed by atoms with Gasteiger partial charge in [-0.1, -0.05) is 18.2 Å². The van der Waals surface area contributed by atoms with E-state index in [0.29, 0.717) is 17.0 Å². The van der Waals surface area contributed by atoms with Crippen molar-refractivity contribution in [3.05, 3.63) is 29.8 Å². The highest BCUT2D eigenvalue weighted by Gasteiger charge is 2.03. The molecule has 1 rings (SSSR count). The van der Waals surface area contributed by atoms with Crippen molar-refractivity contribution in [3.63, 3.8) is 0 Å². The minimum atomic E-state index is -1.92. The number of hydrogen-bond donors (Lipinski definition) is 2. The van der Waals surface area contributed by atoms with Crippen LogP contribution in [0.2, 0.25) is 0 Å². The summed E-state index contributed by atoms with van der Waals surface area (Å²) in [7, 11) is 0. The second kappa shape index (κ2) is 3.61. The summed E-state index contributed by atoms with van der Waals surface area (Å²) in [4.78, 5) is 0.398. The summed E-state index contributed by atoms with van der Waals surface area (Å²) < 4.78 is 19.4. The summed E-state index contributed by atoms with van der Waals surface area (Å²) >= 11 is -1.92. The highest BCUT2D eigenvalue weighted by Crippen LogP contribution is 2.10. The standard InChI is InChI=1S/C7H9NO2S/c8-5-6-3-1-2-4-7(6)11(9)10/h1-4H,5,8H2,(H,9,10). The highest BCUT2D eigenvalue weighted by molar-refractivity contribution is 7.79. The van der Waals surface area contributed by atoms with Gasteiger partial charge in [-0.05, 0) is 11.6 Å². The Kier molecular flexibility index (Phi) is 2.76. The summed E-state index contributed by atoms with van der Waals surface area (Å²) in [6.45, 7) is 0.294. The first-order valence-electron chi connectivity index (χ1n) is 3.14. The van der Waals surface area contributed by atoms with Crippen molar-refractivity contribution in [1.82, 2.24) is 0 Å². The Morgan fingerprint density at radius 3 is 2.55 bits per heavy atom. The first-order chi connectivity index (χ1) is 5.25. The maximum Gasteiger partial charge on any atom is 0.186 e. The zero-order chi connectivity index (χ0) is 8.27. The predicted molar refractivity (Wildman–Crippen MR) is 43.4 cm³/mol. The largest absolute Gasteiger partial charge is 0.326 e. The molecule has 60 valence electrons. The fourth-order valence-corrected chi connectivity index (χ4v) is 1.41. The van der Waals surface area contributed by atoms with Gasteiger partial charge in [0, 0.05) is 6.54 Å². The zero-order valence-corrected chi connectivity index (χ0v) is 6.67. The van der Waals surface area contributed by atoms with Gasteiger partial charge in [0.15, 0.2) is 11.1 Å². The lowest BCUT2D eigenvalue weighted by atomic mass is 10.2. The van der Waals surface area contributed by atoms with E-state index in [-0.39, 0.29) is 0 Å². The normalized spacial score (nSPS) is 12.9. The average Bonchev–Trinajstić information content (AvgIpc) is 2.04. The van der Waals surface area contributed by atoms with Crippen molar-refractivity contribution in [3.8, 4) is 0 Å². The molecule has 1 unspecified atom stereocenters. The topological polar surface area (TPSA) is 63.3 Å². The minimum absolute atomic E-state index is 0.294. The Hall–Kier alpha value is -0.710. The number of hydrogen-bond acceptors (Lipinski definition) is 2. The Labute approximate surface area is 67.5 Å². The first-order valence-corrected chi connectivity index (χ1v) is 4.25. The van der Waals surface area contributed by atoms with Crippen LogP contribution in [0.1, 0.15) is 5.56 Å². The van der Waals surface area contributed by atoms with Gasteiger partial charge in [-0.25, -0.2) is 4.21 Å². The van der Waals surface area contributed by atoms with Crippen LogP contribution >= 0.6 is 0 Å². The molecule has 0 aromatic heterocycles. The minimum Gasteiger partial charge on any atom is -0.326 e. The van der Waals surface area contributed by atoms with Crippen LogP contribution in [0.3, 0.4) is 0 Å². The van der Waals surface area contributed by atoms with Crippen LogP contribution < -0.4 is 5.73 Å². The predicted octanol–water partition coefficient (Wildman–Crippen LogP) is 0.726. The molecule has 3 nitrogen and oxygen atoms in total. The third-order valence-electron chi connectivity index (χ3n) is 1.38. The second-order valence-corrected chi connectivity index (χ2v) is 3.00. The fourth-order valence-electron chi connectivity index (χ4n) is 0.843. The first kappa shape index (κ1) is 8.39. The lowest BCUT2D eigenvalue weighted by molar-refractivity contribution is 0.563. The van der Waals surface area contributed by atoms with E-state index >= 15 is 0 Å². The van der Waals surface area contributed by atoms with Gasteiger partial charge in [-0.15, -0.1) is 0 Å². The SMILES string of the molecule is NCc1ccccc1S(=O)O. The summed E-state index contributed by atoms with van der Waals surface area (Å²) in [5, 5.41) is 0. The molecular weight excluding hydrogens is 162 g/mol. The summed E-state index contributed by atoms with van der Waals surface area (Å²) in [5.41, 5.74) is 6.06. The van der Waals surface area contributed by atoms with Gasteiger partial charge in [-0.2, -0.15) is 0 Å². The van der Waals surface area contributed by atoms with Gasteiger partial charge < -0.3 is 10.3 Å². The molecule has 0 saturated carbocycles. The summed E-state index contributed by atoms with van der Waals surface area (Å²) in [6.07, 6.45) is 0. The molecule has 11 heavy (non-hydrogen) atoms. The molecule has 1 aromatic rings. The van der Waals surface area contributed by atoms with Crippen LogP contribution in [-0.4, -0.2) is 8.76 Å². The molecular formula is C7H9NO2S. The number of nitrogens with two attached hydrogens (primary N) is 1. The molecule has 0 aliphatic rings. The summed E-state index contributed by atoms with van der Waals surface area (Å²) in [6, 6.07) is 6.84. The molecule has 4 heteroatoms. The molecule has 0 fully saturated rings. The van der Waals surface area contributed by atoms with Crippen LogP contribution in [0.15, 0.2) is 29.2 Å². The third-order valence-corrected chi connectivity index (χ3v) is 2.16. The average molecular weight is 171 g/mol. The lowest BCUT2D eigenvalue weighted by Gasteiger charge is -2.00.